The van der Waals surface area contributed by atoms with Gasteiger partial charge in [-0.3, -0.25) is 4.79 Å². The van der Waals surface area contributed by atoms with E-state index in [2.05, 4.69) is 10.3 Å². The number of hydrogen-bond donors (Lipinski definition) is 2. The Morgan fingerprint density at radius 2 is 2.39 bits per heavy atom. The molecule has 4 nitrogen and oxygen atoms in total. The molecule has 1 aromatic heterocycles. The lowest BCUT2D eigenvalue weighted by Gasteiger charge is -2.29. The van der Waals surface area contributed by atoms with E-state index in [1.54, 1.807) is 29.3 Å². The highest BCUT2D eigenvalue weighted by Gasteiger charge is 2.30. The first-order valence-corrected chi connectivity index (χ1v) is 7.90. The van der Waals surface area contributed by atoms with E-state index in [0.717, 1.165) is 22.9 Å². The third-order valence-corrected chi connectivity index (χ3v) is 4.66. The molecule has 0 saturated heterocycles. The van der Waals surface area contributed by atoms with E-state index in [4.69, 9.17) is 5.73 Å². The van der Waals surface area contributed by atoms with Gasteiger partial charge in [0.15, 0.2) is 0 Å². The van der Waals surface area contributed by atoms with Crippen LogP contribution in [0.2, 0.25) is 0 Å². The fraction of sp³-hybridized carbons (Fsp3) is 0.667. The van der Waals surface area contributed by atoms with Crippen LogP contribution in [0.25, 0.3) is 0 Å². The van der Waals surface area contributed by atoms with Gasteiger partial charge in [-0.1, -0.05) is 11.8 Å². The zero-order valence-electron chi connectivity index (χ0n) is 11.1. The highest BCUT2D eigenvalue weighted by molar-refractivity contribution is 8.00. The second-order valence-corrected chi connectivity index (χ2v) is 6.98. The molecule has 0 saturated carbocycles. The molecule has 18 heavy (non-hydrogen) atoms. The standard InChI is InChI=1S/C12H21N3OS2/c1-9(2)15-12(3,10(13)16)5-4-7-17-11-14-6-8-18-11/h6,8-9,15H,4-5,7H2,1-3H3,(H2,13,16). The molecule has 0 aromatic carbocycles. The Bertz CT molecular complexity index is 367. The van der Waals surface area contributed by atoms with Gasteiger partial charge in [0.1, 0.15) is 4.34 Å². The van der Waals surface area contributed by atoms with Gasteiger partial charge < -0.3 is 11.1 Å². The van der Waals surface area contributed by atoms with Crippen LogP contribution in [-0.4, -0.2) is 28.2 Å². The summed E-state index contributed by atoms with van der Waals surface area (Å²) in [6, 6.07) is 0.245. The Morgan fingerprint density at radius 1 is 1.67 bits per heavy atom. The third kappa shape index (κ3) is 4.96. The second-order valence-electron chi connectivity index (χ2n) is 4.75. The number of thiazole rings is 1. The molecule has 1 atom stereocenters. The smallest absolute Gasteiger partial charge is 0.237 e. The zero-order valence-corrected chi connectivity index (χ0v) is 12.7. The summed E-state index contributed by atoms with van der Waals surface area (Å²) in [7, 11) is 0. The molecule has 0 aliphatic heterocycles. The van der Waals surface area contributed by atoms with Crippen molar-refractivity contribution in [2.24, 2.45) is 5.73 Å². The number of carbonyl (C=O) groups excluding carboxylic acids is 1. The molecule has 3 N–H and O–H groups in total. The number of rotatable bonds is 8. The minimum atomic E-state index is -0.613. The maximum atomic E-state index is 11.5. The fourth-order valence-electron chi connectivity index (χ4n) is 1.77. The quantitative estimate of drug-likeness (QED) is 0.568. The largest absolute Gasteiger partial charge is 0.368 e. The SMILES string of the molecule is CC(C)NC(C)(CCCSc1nccs1)C(N)=O. The maximum absolute atomic E-state index is 11.5. The van der Waals surface area contributed by atoms with Gasteiger partial charge >= 0.3 is 0 Å². The van der Waals surface area contributed by atoms with E-state index in [-0.39, 0.29) is 11.9 Å². The van der Waals surface area contributed by atoms with Gasteiger partial charge in [-0.25, -0.2) is 4.98 Å². The first-order chi connectivity index (χ1) is 8.44. The zero-order chi connectivity index (χ0) is 13.6. The molecule has 0 radical (unpaired) electrons. The molecule has 0 aliphatic rings. The van der Waals surface area contributed by atoms with Gasteiger partial charge in [0.05, 0.1) is 5.54 Å². The van der Waals surface area contributed by atoms with Crippen molar-refractivity contribution in [1.29, 1.82) is 0 Å². The van der Waals surface area contributed by atoms with Crippen LogP contribution >= 0.6 is 23.1 Å². The van der Waals surface area contributed by atoms with Crippen molar-refractivity contribution in [3.63, 3.8) is 0 Å². The normalized spacial score (nSPS) is 14.7. The van der Waals surface area contributed by atoms with Gasteiger partial charge in [0.2, 0.25) is 5.91 Å². The van der Waals surface area contributed by atoms with E-state index >= 15 is 0 Å². The number of thioether (sulfide) groups is 1. The number of nitrogens with one attached hydrogen (secondary N) is 1. The molecule has 0 bridgehead atoms. The Balaban J connectivity index is 2.36. The molecule has 1 unspecified atom stereocenters. The van der Waals surface area contributed by atoms with Crippen molar-refractivity contribution in [2.45, 2.75) is 49.5 Å². The maximum Gasteiger partial charge on any atom is 0.237 e. The van der Waals surface area contributed by atoms with Crippen molar-refractivity contribution in [1.82, 2.24) is 10.3 Å². The van der Waals surface area contributed by atoms with Gasteiger partial charge in [0.25, 0.3) is 0 Å². The van der Waals surface area contributed by atoms with Crippen LogP contribution in [0.15, 0.2) is 15.9 Å². The van der Waals surface area contributed by atoms with Crippen LogP contribution in [0.1, 0.15) is 33.6 Å². The number of nitrogens with zero attached hydrogens (tertiary/aromatic N) is 1. The number of primary amides is 1. The summed E-state index contributed by atoms with van der Waals surface area (Å²) in [5.41, 5.74) is 4.86. The minimum absolute atomic E-state index is 0.245. The van der Waals surface area contributed by atoms with Gasteiger partial charge in [-0.2, -0.15) is 0 Å². The summed E-state index contributed by atoms with van der Waals surface area (Å²) in [6.07, 6.45) is 3.49. The van der Waals surface area contributed by atoms with Crippen LogP contribution in [0.4, 0.5) is 0 Å². The molecule has 0 fully saturated rings. The van der Waals surface area contributed by atoms with Crippen LogP contribution in [0.5, 0.6) is 0 Å². The van der Waals surface area contributed by atoms with E-state index in [1.165, 1.54) is 0 Å². The predicted molar refractivity (Wildman–Crippen MR) is 77.9 cm³/mol. The molecule has 1 heterocycles. The highest BCUT2D eigenvalue weighted by Crippen LogP contribution is 2.23. The Hall–Kier alpha value is -0.590. The van der Waals surface area contributed by atoms with Gasteiger partial charge in [0, 0.05) is 23.4 Å². The molecular weight excluding hydrogens is 266 g/mol. The number of carbonyl (C=O) groups is 1. The number of hydrogen-bond acceptors (Lipinski definition) is 5. The predicted octanol–water partition coefficient (Wildman–Crippen LogP) is 2.26. The van der Waals surface area contributed by atoms with E-state index < -0.39 is 5.54 Å². The Labute approximate surface area is 117 Å². The molecular formula is C12H21N3OS2. The molecule has 1 amide bonds. The fourth-order valence-corrected chi connectivity index (χ4v) is 3.42. The van der Waals surface area contributed by atoms with E-state index in [1.807, 2.05) is 26.2 Å². The molecule has 0 spiro atoms. The summed E-state index contributed by atoms with van der Waals surface area (Å²) in [4.78, 5) is 15.7. The lowest BCUT2D eigenvalue weighted by molar-refractivity contribution is -0.124. The lowest BCUT2D eigenvalue weighted by atomic mass is 9.94. The topological polar surface area (TPSA) is 68.0 Å². The van der Waals surface area contributed by atoms with Gasteiger partial charge in [-0.05, 0) is 33.6 Å². The second kappa shape index (κ2) is 7.11. The highest BCUT2D eigenvalue weighted by atomic mass is 32.2. The van der Waals surface area contributed by atoms with Crippen molar-refractivity contribution < 1.29 is 4.79 Å². The third-order valence-electron chi connectivity index (χ3n) is 2.61. The van der Waals surface area contributed by atoms with Crippen molar-refractivity contribution in [3.8, 4) is 0 Å². The summed E-state index contributed by atoms with van der Waals surface area (Å²) in [5.74, 6) is 0.673. The average Bonchev–Trinajstić information content (AvgIpc) is 2.76. The van der Waals surface area contributed by atoms with E-state index in [0.29, 0.717) is 0 Å². The lowest BCUT2D eigenvalue weighted by Crippen LogP contribution is -2.55. The van der Waals surface area contributed by atoms with Crippen molar-refractivity contribution in [2.75, 3.05) is 5.75 Å². The summed E-state index contributed by atoms with van der Waals surface area (Å²) < 4.78 is 1.08. The Morgan fingerprint density at radius 3 is 2.89 bits per heavy atom. The van der Waals surface area contributed by atoms with E-state index in [9.17, 15) is 4.79 Å². The van der Waals surface area contributed by atoms with Crippen LogP contribution < -0.4 is 11.1 Å². The average molecular weight is 287 g/mol. The molecule has 0 aliphatic carbocycles. The molecule has 1 rings (SSSR count). The van der Waals surface area contributed by atoms with Crippen LogP contribution in [0, 0.1) is 0 Å². The molecule has 102 valence electrons. The molecule has 6 heteroatoms. The van der Waals surface area contributed by atoms with Crippen LogP contribution in [0.3, 0.4) is 0 Å². The summed E-state index contributed by atoms with van der Waals surface area (Å²) in [5, 5.41) is 5.22. The van der Waals surface area contributed by atoms with Crippen molar-refractivity contribution in [3.05, 3.63) is 11.6 Å². The first-order valence-electron chi connectivity index (χ1n) is 6.04. The number of amides is 1. The Kier molecular flexibility index (Phi) is 6.11. The summed E-state index contributed by atoms with van der Waals surface area (Å²) >= 11 is 3.37. The van der Waals surface area contributed by atoms with Gasteiger partial charge in [-0.15, -0.1) is 11.3 Å². The molecule has 1 aromatic rings. The van der Waals surface area contributed by atoms with Crippen LogP contribution in [-0.2, 0) is 4.79 Å². The minimum Gasteiger partial charge on any atom is -0.368 e. The van der Waals surface area contributed by atoms with Crippen molar-refractivity contribution >= 4 is 29.0 Å². The monoisotopic (exact) mass is 287 g/mol. The number of nitrogens with two attached hydrogens (primary N) is 1. The summed E-state index contributed by atoms with van der Waals surface area (Å²) in [6.45, 7) is 5.92. The first kappa shape index (κ1) is 15.5. The number of aromatic nitrogens is 1.